The summed E-state index contributed by atoms with van der Waals surface area (Å²) >= 11 is 0. The van der Waals surface area contributed by atoms with Crippen molar-refractivity contribution in [2.24, 2.45) is 22.9 Å². The zero-order chi connectivity index (χ0) is 10.1. The number of piperidine rings is 2. The summed E-state index contributed by atoms with van der Waals surface area (Å²) in [6.07, 6.45) is 1.70. The van der Waals surface area contributed by atoms with E-state index in [0.717, 1.165) is 13.1 Å². The lowest BCUT2D eigenvalue weighted by atomic mass is 9.60. The molecule has 0 aromatic heterocycles. The molecule has 0 spiro atoms. The van der Waals surface area contributed by atoms with Crippen molar-refractivity contribution in [3.05, 3.63) is 10.4 Å². The van der Waals surface area contributed by atoms with Gasteiger partial charge in [0.15, 0.2) is 0 Å². The van der Waals surface area contributed by atoms with Gasteiger partial charge in [-0.05, 0) is 41.9 Å². The fourth-order valence-corrected chi connectivity index (χ4v) is 2.85. The van der Waals surface area contributed by atoms with E-state index in [9.17, 15) is 4.79 Å². The average molecular weight is 194 g/mol. The number of nitrogens with zero attached hydrogens (tertiary/aromatic N) is 4. The smallest absolute Gasteiger partial charge is 0.219 e. The maximum atomic E-state index is 11.1. The molecule has 2 bridgehead atoms. The van der Waals surface area contributed by atoms with Crippen LogP contribution in [0.25, 0.3) is 10.4 Å². The van der Waals surface area contributed by atoms with E-state index in [-0.39, 0.29) is 5.91 Å². The van der Waals surface area contributed by atoms with Gasteiger partial charge in [-0.25, -0.2) is 0 Å². The fraction of sp³-hybridized carbons (Fsp3) is 0.889. The van der Waals surface area contributed by atoms with Gasteiger partial charge in [0, 0.05) is 24.4 Å². The molecule has 3 fully saturated rings. The van der Waals surface area contributed by atoms with Gasteiger partial charge in [-0.3, -0.25) is 4.79 Å². The number of carbonyl (C=O) groups is 1. The zero-order valence-corrected chi connectivity index (χ0v) is 8.26. The van der Waals surface area contributed by atoms with E-state index >= 15 is 0 Å². The third kappa shape index (κ3) is 1.61. The summed E-state index contributed by atoms with van der Waals surface area (Å²) in [5, 5.41) is 3.12. The number of carbonyl (C=O) groups excluding carboxylic acids is 1. The topological polar surface area (TPSA) is 69.1 Å². The Morgan fingerprint density at radius 1 is 1.57 bits per heavy atom. The third-order valence-corrected chi connectivity index (χ3v) is 3.48. The first-order valence-electron chi connectivity index (χ1n) is 4.97. The van der Waals surface area contributed by atoms with E-state index in [2.05, 4.69) is 22.0 Å². The van der Waals surface area contributed by atoms with Gasteiger partial charge < -0.3 is 4.90 Å². The van der Waals surface area contributed by atoms with Crippen LogP contribution in [0.15, 0.2) is 5.11 Å². The first kappa shape index (κ1) is 9.49. The monoisotopic (exact) mass is 194 g/mol. The molecule has 0 N–H and O–H groups in total. The van der Waals surface area contributed by atoms with Crippen molar-refractivity contribution in [3.63, 3.8) is 0 Å². The molecule has 1 amide bonds. The maximum absolute atomic E-state index is 11.1. The first-order valence-corrected chi connectivity index (χ1v) is 4.97. The number of amides is 1. The Labute approximate surface area is 82.7 Å². The minimum atomic E-state index is -0.295. The van der Waals surface area contributed by atoms with E-state index in [1.165, 1.54) is 6.42 Å². The molecular weight excluding hydrogens is 180 g/mol. The number of azide groups is 1. The Balaban J connectivity index is 1.90. The van der Waals surface area contributed by atoms with Crippen molar-refractivity contribution in [2.75, 3.05) is 20.1 Å². The minimum Gasteiger partial charge on any atom is -0.306 e. The Hall–Kier alpha value is -1.06. The third-order valence-electron chi connectivity index (χ3n) is 3.48. The summed E-state index contributed by atoms with van der Waals surface area (Å²) in [5.41, 5.74) is 8.11. The van der Waals surface area contributed by atoms with Crippen LogP contribution in [-0.2, 0) is 4.79 Å². The van der Waals surface area contributed by atoms with Crippen molar-refractivity contribution in [1.29, 1.82) is 0 Å². The van der Waals surface area contributed by atoms with Crippen molar-refractivity contribution in [1.82, 2.24) is 4.90 Å². The quantitative estimate of drug-likeness (QED) is 0.379. The van der Waals surface area contributed by atoms with Crippen LogP contribution in [0, 0.1) is 17.8 Å². The molecule has 0 aromatic rings. The van der Waals surface area contributed by atoms with Crippen LogP contribution in [0.3, 0.4) is 0 Å². The molecule has 1 aliphatic carbocycles. The van der Waals surface area contributed by atoms with Crippen LogP contribution in [-0.4, -0.2) is 30.9 Å². The van der Waals surface area contributed by atoms with E-state index in [1.54, 1.807) is 0 Å². The molecule has 2 atom stereocenters. The van der Waals surface area contributed by atoms with Crippen LogP contribution in [0.5, 0.6) is 0 Å². The van der Waals surface area contributed by atoms with Gasteiger partial charge in [0.05, 0.1) is 0 Å². The van der Waals surface area contributed by atoms with Crippen molar-refractivity contribution >= 4 is 5.91 Å². The lowest BCUT2D eigenvalue weighted by molar-refractivity contribution is -0.124. The van der Waals surface area contributed by atoms with Gasteiger partial charge in [0.25, 0.3) is 0 Å². The minimum absolute atomic E-state index is 0.295. The first-order chi connectivity index (χ1) is 6.70. The summed E-state index contributed by atoms with van der Waals surface area (Å²) in [6, 6.07) is 0. The molecule has 0 aromatic carbocycles. The van der Waals surface area contributed by atoms with E-state index in [4.69, 9.17) is 5.53 Å². The van der Waals surface area contributed by atoms with E-state index in [0.29, 0.717) is 24.2 Å². The molecule has 2 saturated heterocycles. The Morgan fingerprint density at radius 2 is 2.21 bits per heavy atom. The summed E-state index contributed by atoms with van der Waals surface area (Å²) in [7, 11) is 2.12. The Morgan fingerprint density at radius 3 is 2.79 bits per heavy atom. The predicted octanol–water partition coefficient (Wildman–Crippen LogP) is 1.41. The van der Waals surface area contributed by atoms with Crippen LogP contribution in [0.4, 0.5) is 0 Å². The molecule has 5 heteroatoms. The largest absolute Gasteiger partial charge is 0.306 e. The number of fused-ring (bicyclic) bond motifs is 2. The van der Waals surface area contributed by atoms with E-state index < -0.39 is 0 Å². The predicted molar refractivity (Wildman–Crippen MR) is 51.4 cm³/mol. The molecule has 2 heterocycles. The Bertz CT molecular complexity index is 285. The summed E-state index contributed by atoms with van der Waals surface area (Å²) < 4.78 is 0. The van der Waals surface area contributed by atoms with Crippen LogP contribution in [0.1, 0.15) is 12.8 Å². The maximum Gasteiger partial charge on any atom is 0.219 e. The fourth-order valence-electron chi connectivity index (χ4n) is 2.85. The molecule has 1 saturated carbocycles. The van der Waals surface area contributed by atoms with Gasteiger partial charge in [0.1, 0.15) is 0 Å². The summed E-state index contributed by atoms with van der Waals surface area (Å²) in [4.78, 5) is 16.0. The average Bonchev–Trinajstić information content (AvgIpc) is 2.14. The van der Waals surface area contributed by atoms with Gasteiger partial charge in [-0.15, -0.1) is 0 Å². The van der Waals surface area contributed by atoms with Crippen molar-refractivity contribution < 1.29 is 4.79 Å². The van der Waals surface area contributed by atoms with Crippen LogP contribution >= 0.6 is 0 Å². The molecule has 5 nitrogen and oxygen atoms in total. The highest BCUT2D eigenvalue weighted by Crippen LogP contribution is 2.46. The Kier molecular flexibility index (Phi) is 2.44. The number of rotatable bonds is 2. The summed E-state index contributed by atoms with van der Waals surface area (Å²) in [5.74, 6) is 1.48. The van der Waals surface area contributed by atoms with Crippen LogP contribution < -0.4 is 0 Å². The zero-order valence-electron chi connectivity index (χ0n) is 8.26. The molecule has 0 radical (unpaired) electrons. The molecule has 2 unspecified atom stereocenters. The second kappa shape index (κ2) is 3.59. The van der Waals surface area contributed by atoms with Crippen molar-refractivity contribution in [2.45, 2.75) is 12.8 Å². The molecule has 2 aliphatic heterocycles. The van der Waals surface area contributed by atoms with E-state index in [1.807, 2.05) is 0 Å². The lowest BCUT2D eigenvalue weighted by Gasteiger charge is -2.52. The van der Waals surface area contributed by atoms with Crippen molar-refractivity contribution in [3.8, 4) is 0 Å². The molecular formula is C9H14N4O. The van der Waals surface area contributed by atoms with Crippen LogP contribution in [0.2, 0.25) is 0 Å². The molecule has 3 rings (SSSR count). The van der Waals surface area contributed by atoms with Gasteiger partial charge in [0.2, 0.25) is 5.91 Å². The second-order valence-corrected chi connectivity index (χ2v) is 4.43. The highest BCUT2D eigenvalue weighted by atomic mass is 16.1. The molecule has 14 heavy (non-hydrogen) atoms. The number of hydrogen-bond acceptors (Lipinski definition) is 2. The molecule has 76 valence electrons. The highest BCUT2D eigenvalue weighted by Gasteiger charge is 2.45. The van der Waals surface area contributed by atoms with Gasteiger partial charge >= 0.3 is 0 Å². The SMILES string of the molecule is CN1CC2CC(C1)C2CC(=O)N=[N+]=[N-]. The highest BCUT2D eigenvalue weighted by molar-refractivity contribution is 5.77. The number of hydrogen-bond donors (Lipinski definition) is 0. The second-order valence-electron chi connectivity index (χ2n) is 4.43. The van der Waals surface area contributed by atoms with Gasteiger partial charge in [-0.2, -0.15) is 0 Å². The summed E-state index contributed by atoms with van der Waals surface area (Å²) in [6.45, 7) is 2.18. The molecule has 3 aliphatic rings. The normalized spacial score (nSPS) is 35.6. The lowest BCUT2D eigenvalue weighted by Crippen LogP contribution is -2.54. The standard InChI is InChI=1S/C9H14N4O/c1-13-4-6-2-7(5-13)8(6)3-9(14)11-12-10/h6-8H,2-5H2,1H3. The van der Waals surface area contributed by atoms with Gasteiger partial charge in [-0.1, -0.05) is 0 Å².